The summed E-state index contributed by atoms with van der Waals surface area (Å²) in [7, 11) is 0. The highest BCUT2D eigenvalue weighted by atomic mass is 32.2. The van der Waals surface area contributed by atoms with Gasteiger partial charge in [-0.25, -0.2) is 0 Å². The number of nitrogens with zero attached hydrogens (tertiary/aromatic N) is 1. The predicted molar refractivity (Wildman–Crippen MR) is 130 cm³/mol. The molecule has 1 aliphatic heterocycles. The molecule has 0 saturated carbocycles. The number of carbonyl (C=O) groups excluding carboxylic acids is 4. The number of carbonyl (C=O) groups is 4. The first-order chi connectivity index (χ1) is 16.2. The van der Waals surface area contributed by atoms with Crippen molar-refractivity contribution in [1.82, 2.24) is 4.90 Å². The number of anilines is 1. The first-order valence-electron chi connectivity index (χ1n) is 10.5. The Labute approximate surface area is 201 Å². The summed E-state index contributed by atoms with van der Waals surface area (Å²) in [5.41, 5.74) is 8.27. The zero-order valence-corrected chi connectivity index (χ0v) is 19.9. The second-order valence-electron chi connectivity index (χ2n) is 7.46. The van der Waals surface area contributed by atoms with Crippen molar-refractivity contribution >= 4 is 46.5 Å². The van der Waals surface area contributed by atoms with Crippen LogP contribution < -0.4 is 20.5 Å². The molecule has 4 amide bonds. The Hall–Kier alpha value is -3.79. The van der Waals surface area contributed by atoms with Crippen LogP contribution in [0.3, 0.4) is 0 Å². The zero-order chi connectivity index (χ0) is 24.8. The number of amides is 4. The Bertz CT molecular complexity index is 1180. The van der Waals surface area contributed by atoms with E-state index in [1.54, 1.807) is 31.2 Å². The van der Waals surface area contributed by atoms with Crippen LogP contribution in [0, 0.1) is 13.8 Å². The predicted octanol–water partition coefficient (Wildman–Crippen LogP) is 3.24. The Kier molecular flexibility index (Phi) is 7.95. The lowest BCUT2D eigenvalue weighted by Crippen LogP contribution is -2.36. The van der Waals surface area contributed by atoms with E-state index >= 15 is 0 Å². The minimum absolute atomic E-state index is 0.179. The summed E-state index contributed by atoms with van der Waals surface area (Å²) in [6, 6.07) is 10.4. The molecule has 34 heavy (non-hydrogen) atoms. The molecular weight excluding hydrogens is 458 g/mol. The van der Waals surface area contributed by atoms with Gasteiger partial charge in [0.2, 0.25) is 5.91 Å². The fraction of sp³-hybridized carbons (Fsp3) is 0.250. The highest BCUT2D eigenvalue weighted by Gasteiger charge is 2.36. The standard InChI is InChI=1S/C24H25N3O6S/c1-4-32-19-10-16(8-9-18(19)33-13-21(25)28)11-20-23(30)27(24(31)34-20)12-22(29)26-17-7-5-6-14(2)15(17)3/h5-11H,4,12-13H2,1-3H3,(H2,25,28)(H,26,29)/b20-11-. The number of benzene rings is 2. The van der Waals surface area contributed by atoms with Crippen LogP contribution in [0.4, 0.5) is 10.5 Å². The maximum Gasteiger partial charge on any atom is 0.294 e. The third kappa shape index (κ3) is 5.96. The lowest BCUT2D eigenvalue weighted by Gasteiger charge is -2.14. The van der Waals surface area contributed by atoms with Gasteiger partial charge in [0, 0.05) is 5.69 Å². The first-order valence-corrected chi connectivity index (χ1v) is 11.3. The van der Waals surface area contributed by atoms with Gasteiger partial charge in [0.15, 0.2) is 18.1 Å². The van der Waals surface area contributed by atoms with E-state index in [4.69, 9.17) is 15.2 Å². The molecular formula is C24H25N3O6S. The summed E-state index contributed by atoms with van der Waals surface area (Å²) in [5, 5.41) is 2.23. The maximum atomic E-state index is 12.8. The van der Waals surface area contributed by atoms with E-state index < -0.39 is 23.0 Å². The molecule has 0 unspecified atom stereocenters. The van der Waals surface area contributed by atoms with Gasteiger partial charge >= 0.3 is 0 Å². The van der Waals surface area contributed by atoms with Crippen LogP contribution in [-0.2, 0) is 14.4 Å². The molecule has 1 saturated heterocycles. The summed E-state index contributed by atoms with van der Waals surface area (Å²) in [4.78, 5) is 49.8. The van der Waals surface area contributed by atoms with E-state index in [9.17, 15) is 19.2 Å². The van der Waals surface area contributed by atoms with E-state index in [0.717, 1.165) is 27.8 Å². The third-order valence-corrected chi connectivity index (χ3v) is 5.90. The van der Waals surface area contributed by atoms with Crippen molar-refractivity contribution in [2.75, 3.05) is 25.1 Å². The van der Waals surface area contributed by atoms with Crippen LogP contribution in [0.25, 0.3) is 6.08 Å². The third-order valence-electron chi connectivity index (χ3n) is 4.99. The van der Waals surface area contributed by atoms with E-state index in [2.05, 4.69) is 5.32 Å². The second kappa shape index (κ2) is 10.9. The van der Waals surface area contributed by atoms with Gasteiger partial charge in [-0.1, -0.05) is 18.2 Å². The molecule has 0 spiro atoms. The Morgan fingerprint density at radius 3 is 2.59 bits per heavy atom. The van der Waals surface area contributed by atoms with E-state index in [-0.39, 0.29) is 18.1 Å². The molecule has 2 aromatic rings. The molecule has 3 rings (SSSR count). The van der Waals surface area contributed by atoms with Crippen molar-refractivity contribution in [3.05, 3.63) is 58.0 Å². The van der Waals surface area contributed by atoms with Gasteiger partial charge in [0.05, 0.1) is 11.5 Å². The zero-order valence-electron chi connectivity index (χ0n) is 19.0. The van der Waals surface area contributed by atoms with Gasteiger partial charge in [-0.3, -0.25) is 24.1 Å². The first kappa shape index (κ1) is 24.8. The van der Waals surface area contributed by atoms with Crippen LogP contribution in [0.5, 0.6) is 11.5 Å². The van der Waals surface area contributed by atoms with E-state index in [0.29, 0.717) is 29.4 Å². The SMILES string of the molecule is CCOc1cc(/C=C2\SC(=O)N(CC(=O)Nc3cccc(C)c3C)C2=O)ccc1OCC(N)=O. The highest BCUT2D eigenvalue weighted by Crippen LogP contribution is 2.34. The fourth-order valence-electron chi connectivity index (χ4n) is 3.16. The van der Waals surface area contributed by atoms with E-state index in [1.165, 1.54) is 6.08 Å². The molecule has 0 aliphatic carbocycles. The lowest BCUT2D eigenvalue weighted by molar-refractivity contribution is -0.127. The molecule has 0 atom stereocenters. The van der Waals surface area contributed by atoms with Crippen LogP contribution >= 0.6 is 11.8 Å². The van der Waals surface area contributed by atoms with E-state index in [1.807, 2.05) is 26.0 Å². The average molecular weight is 484 g/mol. The number of ether oxygens (including phenoxy) is 2. The van der Waals surface area contributed by atoms with Crippen LogP contribution in [0.1, 0.15) is 23.6 Å². The number of hydrogen-bond donors (Lipinski definition) is 2. The van der Waals surface area contributed by atoms with Crippen molar-refractivity contribution in [3.8, 4) is 11.5 Å². The lowest BCUT2D eigenvalue weighted by atomic mass is 10.1. The summed E-state index contributed by atoms with van der Waals surface area (Å²) in [6.07, 6.45) is 1.54. The Morgan fingerprint density at radius 2 is 1.88 bits per heavy atom. The van der Waals surface area contributed by atoms with Crippen molar-refractivity contribution in [2.45, 2.75) is 20.8 Å². The van der Waals surface area contributed by atoms with Crippen LogP contribution in [-0.4, -0.2) is 47.6 Å². The molecule has 10 heteroatoms. The molecule has 3 N–H and O–H groups in total. The largest absolute Gasteiger partial charge is 0.490 e. The van der Waals surface area contributed by atoms with Crippen LogP contribution in [0.15, 0.2) is 41.3 Å². The number of aryl methyl sites for hydroxylation is 1. The fourth-order valence-corrected chi connectivity index (χ4v) is 4.00. The van der Waals surface area contributed by atoms with Gasteiger partial charge in [0.25, 0.3) is 17.1 Å². The van der Waals surface area contributed by atoms with Crippen molar-refractivity contribution in [3.63, 3.8) is 0 Å². The number of hydrogen-bond acceptors (Lipinski definition) is 7. The average Bonchev–Trinajstić information content (AvgIpc) is 3.04. The highest BCUT2D eigenvalue weighted by molar-refractivity contribution is 8.18. The number of nitrogens with two attached hydrogens (primary N) is 1. The van der Waals surface area contributed by atoms with Gasteiger partial charge in [-0.15, -0.1) is 0 Å². The summed E-state index contributed by atoms with van der Waals surface area (Å²) >= 11 is 0.753. The molecule has 0 radical (unpaired) electrons. The van der Waals surface area contributed by atoms with Gasteiger partial charge in [0.1, 0.15) is 6.54 Å². The molecule has 2 aromatic carbocycles. The van der Waals surface area contributed by atoms with Gasteiger partial charge in [-0.05, 0) is 73.5 Å². The number of primary amides is 1. The Balaban J connectivity index is 1.73. The molecule has 9 nitrogen and oxygen atoms in total. The maximum absolute atomic E-state index is 12.8. The molecule has 1 fully saturated rings. The quantitative estimate of drug-likeness (QED) is 0.524. The van der Waals surface area contributed by atoms with Crippen LogP contribution in [0.2, 0.25) is 0 Å². The summed E-state index contributed by atoms with van der Waals surface area (Å²) in [6.45, 7) is 5.26. The minimum atomic E-state index is -0.623. The Morgan fingerprint density at radius 1 is 1.12 bits per heavy atom. The number of nitrogens with one attached hydrogen (secondary N) is 1. The number of imide groups is 1. The minimum Gasteiger partial charge on any atom is -0.490 e. The van der Waals surface area contributed by atoms with Crippen molar-refractivity contribution in [2.24, 2.45) is 5.73 Å². The normalized spacial score (nSPS) is 14.4. The topological polar surface area (TPSA) is 128 Å². The molecule has 0 aromatic heterocycles. The summed E-state index contributed by atoms with van der Waals surface area (Å²) in [5.74, 6) is -0.953. The van der Waals surface area contributed by atoms with Crippen molar-refractivity contribution < 1.29 is 28.7 Å². The smallest absolute Gasteiger partial charge is 0.294 e. The molecule has 1 heterocycles. The second-order valence-corrected chi connectivity index (χ2v) is 8.45. The molecule has 0 bridgehead atoms. The molecule has 178 valence electrons. The number of thioether (sulfide) groups is 1. The molecule has 1 aliphatic rings. The summed E-state index contributed by atoms with van der Waals surface area (Å²) < 4.78 is 10.9. The number of rotatable bonds is 9. The van der Waals surface area contributed by atoms with Gasteiger partial charge < -0.3 is 20.5 Å². The van der Waals surface area contributed by atoms with Gasteiger partial charge in [-0.2, -0.15) is 0 Å². The van der Waals surface area contributed by atoms with Crippen molar-refractivity contribution in [1.29, 1.82) is 0 Å². The monoisotopic (exact) mass is 483 g/mol.